The van der Waals surface area contributed by atoms with Gasteiger partial charge in [0.15, 0.2) is 0 Å². The minimum absolute atomic E-state index is 0.144. The molecule has 44 heavy (non-hydrogen) atoms. The second kappa shape index (κ2) is 14.6. The summed E-state index contributed by atoms with van der Waals surface area (Å²) in [4.78, 5) is 29.2. The van der Waals surface area contributed by atoms with Gasteiger partial charge in [0.2, 0.25) is 5.91 Å². The average molecular weight is 600 g/mol. The Morgan fingerprint density at radius 2 is 1.64 bits per heavy atom. The average Bonchev–Trinajstić information content (AvgIpc) is 3.43. The number of ether oxygens (including phenoxy) is 2. The number of hydrogen-bond acceptors (Lipinski definition) is 5. The van der Waals surface area contributed by atoms with Gasteiger partial charge in [-0.15, -0.1) is 0 Å². The molecule has 0 saturated carbocycles. The number of nitrogens with one attached hydrogen (secondary N) is 2. The molecule has 0 aliphatic carbocycles. The summed E-state index contributed by atoms with van der Waals surface area (Å²) in [6.07, 6.45) is 0.841. The first-order chi connectivity index (χ1) is 21.4. The highest BCUT2D eigenvalue weighted by Crippen LogP contribution is 2.28. The Kier molecular flexibility index (Phi) is 10.2. The van der Waals surface area contributed by atoms with Crippen LogP contribution in [-0.4, -0.2) is 50.7 Å². The predicted molar refractivity (Wildman–Crippen MR) is 165 cm³/mol. The molecule has 7 nitrogen and oxygen atoms in total. The molecule has 0 unspecified atom stereocenters. The number of anilines is 1. The fraction of sp³-hybridized carbons (Fsp3) is 0.257. The molecule has 0 radical (unpaired) electrons. The zero-order valence-corrected chi connectivity index (χ0v) is 24.5. The van der Waals surface area contributed by atoms with E-state index in [0.29, 0.717) is 43.0 Å². The van der Waals surface area contributed by atoms with Gasteiger partial charge in [0.25, 0.3) is 5.91 Å². The number of methoxy groups -OCH3 is 1. The van der Waals surface area contributed by atoms with Gasteiger partial charge in [-0.2, -0.15) is 0 Å². The first-order valence-electron chi connectivity index (χ1n) is 14.5. The molecule has 0 spiro atoms. The maximum Gasteiger partial charge on any atom is 0.252 e. The number of benzene rings is 4. The lowest BCUT2D eigenvalue weighted by Crippen LogP contribution is -2.54. The maximum absolute atomic E-state index is 13.9. The summed E-state index contributed by atoms with van der Waals surface area (Å²) in [5.41, 5.74) is 3.86. The van der Waals surface area contributed by atoms with Gasteiger partial charge in [0, 0.05) is 30.8 Å². The van der Waals surface area contributed by atoms with Crippen LogP contribution in [0.1, 0.15) is 27.0 Å². The minimum atomic E-state index is -0.962. The third-order valence-electron chi connectivity index (χ3n) is 7.56. The molecule has 0 fully saturated rings. The Morgan fingerprint density at radius 1 is 0.864 bits per heavy atom. The fourth-order valence-electron chi connectivity index (χ4n) is 5.30. The zero-order valence-electron chi connectivity index (χ0n) is 24.5. The van der Waals surface area contributed by atoms with Crippen LogP contribution in [0.2, 0.25) is 0 Å². The SMILES string of the molecule is COc1cccc(C(=O)N[C@@H](Cc2ccc(F)cc2)C(=O)N[C@@H](COCc2ccccc2)CN2CCc3cc(F)ccc32)c1. The quantitative estimate of drug-likeness (QED) is 0.224. The third-order valence-corrected chi connectivity index (χ3v) is 7.56. The molecule has 228 valence electrons. The molecule has 1 heterocycles. The van der Waals surface area contributed by atoms with E-state index in [4.69, 9.17) is 9.47 Å². The van der Waals surface area contributed by atoms with E-state index in [0.717, 1.165) is 16.8 Å². The van der Waals surface area contributed by atoms with Gasteiger partial charge in [-0.25, -0.2) is 8.78 Å². The number of nitrogens with zero attached hydrogens (tertiary/aromatic N) is 1. The molecule has 4 aromatic carbocycles. The summed E-state index contributed by atoms with van der Waals surface area (Å²) in [6.45, 7) is 1.67. The van der Waals surface area contributed by atoms with Crippen LogP contribution in [-0.2, 0) is 29.0 Å². The van der Waals surface area contributed by atoms with Gasteiger partial charge >= 0.3 is 0 Å². The van der Waals surface area contributed by atoms with E-state index >= 15 is 0 Å². The maximum atomic E-state index is 13.9. The second-order valence-corrected chi connectivity index (χ2v) is 10.8. The molecule has 2 amide bonds. The summed E-state index contributed by atoms with van der Waals surface area (Å²) >= 11 is 0. The van der Waals surface area contributed by atoms with E-state index in [1.807, 2.05) is 30.3 Å². The highest BCUT2D eigenvalue weighted by atomic mass is 19.1. The molecule has 9 heteroatoms. The number of hydrogen-bond donors (Lipinski definition) is 2. The molecule has 0 bridgehead atoms. The van der Waals surface area contributed by atoms with Crippen LogP contribution in [0.4, 0.5) is 14.5 Å². The number of amides is 2. The molecule has 1 aliphatic heterocycles. The number of rotatable bonds is 13. The van der Waals surface area contributed by atoms with Gasteiger partial charge in [-0.1, -0.05) is 48.5 Å². The van der Waals surface area contributed by atoms with Crippen molar-refractivity contribution >= 4 is 17.5 Å². The monoisotopic (exact) mass is 599 g/mol. The summed E-state index contributed by atoms with van der Waals surface area (Å²) in [6, 6.07) is 25.5. The predicted octanol–water partition coefficient (Wildman–Crippen LogP) is 5.08. The van der Waals surface area contributed by atoms with Crippen LogP contribution in [0, 0.1) is 11.6 Å². The molecular weight excluding hydrogens is 564 g/mol. The third kappa shape index (κ3) is 8.20. The Balaban J connectivity index is 1.34. The van der Waals surface area contributed by atoms with Crippen LogP contribution in [0.3, 0.4) is 0 Å². The van der Waals surface area contributed by atoms with Crippen molar-refractivity contribution in [2.45, 2.75) is 31.5 Å². The molecule has 0 aromatic heterocycles. The van der Waals surface area contributed by atoms with Crippen molar-refractivity contribution in [2.24, 2.45) is 0 Å². The Morgan fingerprint density at radius 3 is 2.41 bits per heavy atom. The lowest BCUT2D eigenvalue weighted by atomic mass is 10.0. The summed E-state index contributed by atoms with van der Waals surface area (Å²) in [5.74, 6) is -1.01. The summed E-state index contributed by atoms with van der Waals surface area (Å²) in [7, 11) is 1.51. The van der Waals surface area contributed by atoms with Crippen molar-refractivity contribution < 1.29 is 27.8 Å². The second-order valence-electron chi connectivity index (χ2n) is 10.8. The van der Waals surface area contributed by atoms with E-state index in [2.05, 4.69) is 15.5 Å². The molecule has 1 aliphatic rings. The van der Waals surface area contributed by atoms with E-state index < -0.39 is 29.7 Å². The van der Waals surface area contributed by atoms with Crippen LogP contribution in [0.5, 0.6) is 5.75 Å². The standard InChI is InChI=1S/C35H35F2N3O4/c1-43-31-9-5-8-27(20-31)34(41)39-32(18-24-10-12-28(36)13-11-24)35(42)38-30(23-44-22-25-6-3-2-4-7-25)21-40-17-16-26-19-29(37)14-15-33(26)40/h2-15,19-20,30,32H,16-18,21-23H2,1H3,(H,38,42)(H,39,41)/t30-,32+/m1/s1. The minimum Gasteiger partial charge on any atom is -0.497 e. The summed E-state index contributed by atoms with van der Waals surface area (Å²) < 4.78 is 38.8. The largest absolute Gasteiger partial charge is 0.497 e. The molecule has 4 aromatic rings. The lowest BCUT2D eigenvalue weighted by molar-refractivity contribution is -0.124. The first kappa shape index (κ1) is 30.7. The van der Waals surface area contributed by atoms with Crippen LogP contribution >= 0.6 is 0 Å². The van der Waals surface area contributed by atoms with Gasteiger partial charge < -0.3 is 25.0 Å². The lowest BCUT2D eigenvalue weighted by Gasteiger charge is -2.28. The molecule has 0 saturated heterocycles. The molecule has 5 rings (SSSR count). The van der Waals surface area contributed by atoms with Crippen molar-refractivity contribution in [3.63, 3.8) is 0 Å². The zero-order chi connectivity index (χ0) is 30.9. The van der Waals surface area contributed by atoms with Gasteiger partial charge in [0.1, 0.15) is 23.4 Å². The molecular formula is C35H35F2N3O4. The molecule has 2 atom stereocenters. The van der Waals surface area contributed by atoms with Gasteiger partial charge in [-0.05, 0) is 71.6 Å². The number of fused-ring (bicyclic) bond motifs is 1. The van der Waals surface area contributed by atoms with Crippen LogP contribution in [0.15, 0.2) is 97.1 Å². The molecule has 2 N–H and O–H groups in total. The van der Waals surface area contributed by atoms with E-state index in [1.54, 1.807) is 48.5 Å². The topological polar surface area (TPSA) is 79.9 Å². The Bertz CT molecular complexity index is 1570. The first-order valence-corrected chi connectivity index (χ1v) is 14.5. The smallest absolute Gasteiger partial charge is 0.252 e. The van der Waals surface area contributed by atoms with Crippen molar-refractivity contribution in [1.82, 2.24) is 10.6 Å². The highest BCUT2D eigenvalue weighted by molar-refractivity contribution is 5.98. The number of carbonyl (C=O) groups excluding carboxylic acids is 2. The van der Waals surface area contributed by atoms with Crippen molar-refractivity contribution in [3.8, 4) is 5.75 Å². The fourth-order valence-corrected chi connectivity index (χ4v) is 5.30. The Labute approximate surface area is 255 Å². The normalized spacial score (nSPS) is 13.6. The summed E-state index contributed by atoms with van der Waals surface area (Å²) in [5, 5.41) is 5.94. The number of carbonyl (C=O) groups is 2. The highest BCUT2D eigenvalue weighted by Gasteiger charge is 2.28. The Hall–Kier alpha value is -4.76. The van der Waals surface area contributed by atoms with Crippen LogP contribution in [0.25, 0.3) is 0 Å². The van der Waals surface area contributed by atoms with Gasteiger partial charge in [0.05, 0.1) is 26.4 Å². The van der Waals surface area contributed by atoms with Crippen molar-refractivity contribution in [1.29, 1.82) is 0 Å². The van der Waals surface area contributed by atoms with Crippen molar-refractivity contribution in [3.05, 3.63) is 131 Å². The van der Waals surface area contributed by atoms with Crippen molar-refractivity contribution in [2.75, 3.05) is 31.7 Å². The van der Waals surface area contributed by atoms with Crippen LogP contribution < -0.4 is 20.3 Å². The van der Waals surface area contributed by atoms with E-state index in [1.165, 1.54) is 25.3 Å². The van der Waals surface area contributed by atoms with E-state index in [9.17, 15) is 18.4 Å². The number of halogens is 2. The van der Waals surface area contributed by atoms with E-state index in [-0.39, 0.29) is 18.8 Å². The van der Waals surface area contributed by atoms with Gasteiger partial charge in [-0.3, -0.25) is 9.59 Å².